The number of nitrogens with one attached hydrogen (secondary N) is 1. The summed E-state index contributed by atoms with van der Waals surface area (Å²) in [6.07, 6.45) is 8.35. The minimum absolute atomic E-state index is 0.275. The molecule has 2 atom stereocenters. The number of para-hydroxylation sites is 1. The van der Waals surface area contributed by atoms with Crippen LogP contribution in [0.25, 0.3) is 0 Å². The van der Waals surface area contributed by atoms with E-state index in [9.17, 15) is 0 Å². The summed E-state index contributed by atoms with van der Waals surface area (Å²) >= 11 is 0. The van der Waals surface area contributed by atoms with Crippen molar-refractivity contribution in [3.63, 3.8) is 0 Å². The normalized spacial score (nSPS) is 19.2. The topological polar surface area (TPSA) is 21.3 Å². The third-order valence-corrected chi connectivity index (χ3v) is 4.73. The monoisotopic (exact) mass is 289 g/mol. The van der Waals surface area contributed by atoms with Crippen molar-refractivity contribution in [3.8, 4) is 5.75 Å². The Kier molecular flexibility index (Phi) is 6.56. The van der Waals surface area contributed by atoms with E-state index in [1.807, 2.05) is 0 Å². The summed E-state index contributed by atoms with van der Waals surface area (Å²) in [6.45, 7) is 7.69. The Labute approximate surface area is 130 Å². The molecule has 1 N–H and O–H groups in total. The fourth-order valence-corrected chi connectivity index (χ4v) is 3.09. The van der Waals surface area contributed by atoms with Crippen LogP contribution in [-0.4, -0.2) is 12.6 Å². The van der Waals surface area contributed by atoms with Gasteiger partial charge in [-0.3, -0.25) is 0 Å². The van der Waals surface area contributed by atoms with E-state index >= 15 is 0 Å². The summed E-state index contributed by atoms with van der Waals surface area (Å²) in [5.74, 6) is 1.90. The molecular weight excluding hydrogens is 258 g/mol. The van der Waals surface area contributed by atoms with E-state index in [0.29, 0.717) is 6.04 Å². The van der Waals surface area contributed by atoms with Gasteiger partial charge in [0.05, 0.1) is 6.10 Å². The molecule has 0 saturated heterocycles. The zero-order valence-corrected chi connectivity index (χ0v) is 13.9. The largest absolute Gasteiger partial charge is 0.490 e. The Morgan fingerprint density at radius 1 is 1.14 bits per heavy atom. The van der Waals surface area contributed by atoms with Gasteiger partial charge >= 0.3 is 0 Å². The molecule has 1 aromatic rings. The van der Waals surface area contributed by atoms with Crippen LogP contribution in [0, 0.1) is 5.92 Å². The lowest BCUT2D eigenvalue weighted by Gasteiger charge is -2.25. The number of hydrogen-bond acceptors (Lipinski definition) is 2. The predicted octanol–water partition coefficient (Wildman–Crippen LogP) is 5.09. The number of hydrogen-bond donors (Lipinski definition) is 1. The van der Waals surface area contributed by atoms with Gasteiger partial charge in [0.1, 0.15) is 5.75 Å². The molecule has 1 fully saturated rings. The van der Waals surface area contributed by atoms with E-state index < -0.39 is 0 Å². The zero-order valence-electron chi connectivity index (χ0n) is 13.9. The molecule has 0 aliphatic heterocycles. The van der Waals surface area contributed by atoms with Crippen LogP contribution < -0.4 is 10.1 Å². The van der Waals surface area contributed by atoms with E-state index in [-0.39, 0.29) is 6.10 Å². The van der Waals surface area contributed by atoms with Crippen molar-refractivity contribution in [1.29, 1.82) is 0 Å². The lowest BCUT2D eigenvalue weighted by Crippen LogP contribution is -2.27. The lowest BCUT2D eigenvalue weighted by molar-refractivity contribution is 0.213. The minimum Gasteiger partial charge on any atom is -0.490 e. The highest BCUT2D eigenvalue weighted by Crippen LogP contribution is 2.28. The predicted molar refractivity (Wildman–Crippen MR) is 89.8 cm³/mol. The molecule has 0 heterocycles. The van der Waals surface area contributed by atoms with Crippen LogP contribution >= 0.6 is 0 Å². The van der Waals surface area contributed by atoms with E-state index in [1.165, 1.54) is 37.7 Å². The first kappa shape index (κ1) is 16.4. The number of ether oxygens (including phenoxy) is 1. The van der Waals surface area contributed by atoms with Crippen molar-refractivity contribution < 1.29 is 4.74 Å². The molecule has 2 unspecified atom stereocenters. The van der Waals surface area contributed by atoms with Gasteiger partial charge in [0, 0.05) is 11.6 Å². The fourth-order valence-electron chi connectivity index (χ4n) is 3.09. The molecular formula is C19H31NO. The van der Waals surface area contributed by atoms with Crippen LogP contribution in [0.5, 0.6) is 5.75 Å². The van der Waals surface area contributed by atoms with Crippen LogP contribution in [0.3, 0.4) is 0 Å². The molecule has 21 heavy (non-hydrogen) atoms. The van der Waals surface area contributed by atoms with Gasteiger partial charge < -0.3 is 10.1 Å². The van der Waals surface area contributed by atoms with Crippen LogP contribution in [0.1, 0.15) is 70.9 Å². The minimum atomic E-state index is 0.275. The van der Waals surface area contributed by atoms with Gasteiger partial charge in [-0.15, -0.1) is 0 Å². The quantitative estimate of drug-likeness (QED) is 0.754. The summed E-state index contributed by atoms with van der Waals surface area (Å²) in [6, 6.07) is 8.82. The lowest BCUT2D eigenvalue weighted by atomic mass is 9.89. The Hall–Kier alpha value is -1.02. The maximum atomic E-state index is 6.07. The first-order valence-electron chi connectivity index (χ1n) is 8.69. The van der Waals surface area contributed by atoms with Crippen LogP contribution in [-0.2, 0) is 0 Å². The molecule has 2 heteroatoms. The second-order valence-electron chi connectivity index (χ2n) is 6.51. The van der Waals surface area contributed by atoms with Gasteiger partial charge in [0.15, 0.2) is 0 Å². The van der Waals surface area contributed by atoms with Gasteiger partial charge in [-0.2, -0.15) is 0 Å². The molecule has 0 radical (unpaired) electrons. The number of rotatable bonds is 7. The Morgan fingerprint density at radius 3 is 2.57 bits per heavy atom. The summed E-state index contributed by atoms with van der Waals surface area (Å²) in [5.41, 5.74) is 1.29. The molecule has 1 aliphatic carbocycles. The summed E-state index contributed by atoms with van der Waals surface area (Å²) in [5, 5.41) is 3.72. The van der Waals surface area contributed by atoms with Gasteiger partial charge in [0.25, 0.3) is 0 Å². The van der Waals surface area contributed by atoms with Crippen molar-refractivity contribution in [2.75, 3.05) is 6.54 Å². The Bertz CT molecular complexity index is 412. The highest BCUT2D eigenvalue weighted by Gasteiger charge is 2.16. The van der Waals surface area contributed by atoms with Crippen LogP contribution in [0.15, 0.2) is 24.3 Å². The molecule has 0 aromatic heterocycles. The second-order valence-corrected chi connectivity index (χ2v) is 6.51. The van der Waals surface area contributed by atoms with Crippen molar-refractivity contribution in [1.82, 2.24) is 5.32 Å². The molecule has 118 valence electrons. The fraction of sp³-hybridized carbons (Fsp3) is 0.684. The van der Waals surface area contributed by atoms with Crippen molar-refractivity contribution in [2.45, 2.75) is 71.4 Å². The first-order valence-corrected chi connectivity index (χ1v) is 8.69. The maximum absolute atomic E-state index is 6.07. The smallest absolute Gasteiger partial charge is 0.124 e. The molecule has 1 aromatic carbocycles. The molecule has 0 bridgehead atoms. The highest BCUT2D eigenvalue weighted by molar-refractivity contribution is 5.35. The molecule has 0 spiro atoms. The van der Waals surface area contributed by atoms with Gasteiger partial charge in [-0.25, -0.2) is 0 Å². The van der Waals surface area contributed by atoms with Crippen molar-refractivity contribution >= 4 is 0 Å². The van der Waals surface area contributed by atoms with E-state index in [1.54, 1.807) is 0 Å². The first-order chi connectivity index (χ1) is 10.2. The van der Waals surface area contributed by atoms with Gasteiger partial charge in [-0.05, 0) is 51.6 Å². The average Bonchev–Trinajstić information content (AvgIpc) is 2.54. The second kappa shape index (κ2) is 8.43. The van der Waals surface area contributed by atoms with Gasteiger partial charge in [0.2, 0.25) is 0 Å². The molecule has 2 nitrogen and oxygen atoms in total. The van der Waals surface area contributed by atoms with Crippen LogP contribution in [0.4, 0.5) is 0 Å². The summed E-state index contributed by atoms with van der Waals surface area (Å²) in [7, 11) is 0. The van der Waals surface area contributed by atoms with E-state index in [4.69, 9.17) is 4.74 Å². The molecule has 1 saturated carbocycles. The van der Waals surface area contributed by atoms with Crippen LogP contribution in [0.2, 0.25) is 0 Å². The third kappa shape index (κ3) is 5.03. The molecule has 2 rings (SSSR count). The summed E-state index contributed by atoms with van der Waals surface area (Å²) in [4.78, 5) is 0. The zero-order chi connectivity index (χ0) is 15.1. The maximum Gasteiger partial charge on any atom is 0.124 e. The van der Waals surface area contributed by atoms with E-state index in [2.05, 4.69) is 50.4 Å². The van der Waals surface area contributed by atoms with E-state index in [0.717, 1.165) is 24.6 Å². The highest BCUT2D eigenvalue weighted by atomic mass is 16.5. The Morgan fingerprint density at radius 2 is 1.86 bits per heavy atom. The van der Waals surface area contributed by atoms with Crippen molar-refractivity contribution in [3.05, 3.63) is 29.8 Å². The van der Waals surface area contributed by atoms with Crippen molar-refractivity contribution in [2.24, 2.45) is 5.92 Å². The van der Waals surface area contributed by atoms with Gasteiger partial charge in [-0.1, -0.05) is 44.4 Å². The standard InChI is InChI=1S/C19H31NO/c1-4-15(2)21-19-13-9-8-12-18(19)16(3)20-14-17-10-6-5-7-11-17/h8-9,12-13,15-17,20H,4-7,10-11,14H2,1-3H3. The third-order valence-electron chi connectivity index (χ3n) is 4.73. The number of benzene rings is 1. The average molecular weight is 289 g/mol. The SMILES string of the molecule is CCC(C)Oc1ccccc1C(C)NCC1CCCCC1. The Balaban J connectivity index is 1.92. The molecule has 1 aliphatic rings. The summed E-state index contributed by atoms with van der Waals surface area (Å²) < 4.78 is 6.07. The molecule has 0 amide bonds.